The summed E-state index contributed by atoms with van der Waals surface area (Å²) in [5.74, 6) is -0.0563. The van der Waals surface area contributed by atoms with Gasteiger partial charge in [0.05, 0.1) is 11.8 Å². The van der Waals surface area contributed by atoms with Gasteiger partial charge < -0.3 is 14.1 Å². The molecule has 0 aliphatic heterocycles. The van der Waals surface area contributed by atoms with Gasteiger partial charge in [0.25, 0.3) is 0 Å². The quantitative estimate of drug-likeness (QED) is 0.774. The molecule has 5 nitrogen and oxygen atoms in total. The molecule has 100 valence electrons. The molecule has 0 fully saturated rings. The number of rotatable bonds is 4. The number of carbonyl (C=O) groups excluding carboxylic acids is 2. The molecule has 1 amide bonds. The van der Waals surface area contributed by atoms with Crippen LogP contribution in [-0.4, -0.2) is 36.0 Å². The van der Waals surface area contributed by atoms with E-state index in [1.54, 1.807) is 33.9 Å². The van der Waals surface area contributed by atoms with Crippen molar-refractivity contribution in [3.63, 3.8) is 0 Å². The minimum absolute atomic E-state index is 0.0563. The van der Waals surface area contributed by atoms with Crippen LogP contribution in [0.1, 0.15) is 37.6 Å². The molecule has 0 aliphatic rings. The lowest BCUT2D eigenvalue weighted by Crippen LogP contribution is -2.35. The van der Waals surface area contributed by atoms with Crippen molar-refractivity contribution in [2.75, 3.05) is 13.6 Å². The zero-order chi connectivity index (χ0) is 13.8. The summed E-state index contributed by atoms with van der Waals surface area (Å²) in [7, 11) is 1.61. The van der Waals surface area contributed by atoms with Gasteiger partial charge in [-0.2, -0.15) is 0 Å². The number of amides is 1. The molecule has 0 spiro atoms. The molecule has 1 aromatic heterocycles. The van der Waals surface area contributed by atoms with Crippen molar-refractivity contribution in [2.24, 2.45) is 0 Å². The highest BCUT2D eigenvalue weighted by atomic mass is 16.6. The van der Waals surface area contributed by atoms with Gasteiger partial charge in [-0.05, 0) is 26.8 Å². The van der Waals surface area contributed by atoms with Gasteiger partial charge in [-0.3, -0.25) is 4.79 Å². The van der Waals surface area contributed by atoms with Gasteiger partial charge in [0, 0.05) is 20.0 Å². The summed E-state index contributed by atoms with van der Waals surface area (Å²) in [4.78, 5) is 24.7. The molecule has 0 bridgehead atoms. The lowest BCUT2D eigenvalue weighted by atomic mass is 10.1. The Hall–Kier alpha value is -1.78. The minimum atomic E-state index is -0.528. The molecule has 0 unspecified atom stereocenters. The average molecular weight is 253 g/mol. The topological polar surface area (TPSA) is 59.8 Å². The van der Waals surface area contributed by atoms with Gasteiger partial charge in [0.1, 0.15) is 11.9 Å². The first-order chi connectivity index (χ1) is 8.29. The molecule has 0 aliphatic carbocycles. The van der Waals surface area contributed by atoms with E-state index >= 15 is 0 Å². The number of hydrogen-bond acceptors (Lipinski definition) is 4. The largest absolute Gasteiger partial charge is 0.472 e. The molecule has 0 aromatic carbocycles. The molecule has 0 saturated heterocycles. The summed E-state index contributed by atoms with van der Waals surface area (Å²) >= 11 is 0. The number of nitrogens with zero attached hydrogens (tertiary/aromatic N) is 1. The maximum Gasteiger partial charge on any atom is 0.410 e. The van der Waals surface area contributed by atoms with E-state index in [1.165, 1.54) is 17.4 Å². The smallest absolute Gasteiger partial charge is 0.410 e. The summed E-state index contributed by atoms with van der Waals surface area (Å²) in [6.45, 7) is 5.72. The van der Waals surface area contributed by atoms with Crippen LogP contribution in [0.2, 0.25) is 0 Å². The van der Waals surface area contributed by atoms with Crippen LogP contribution in [0.3, 0.4) is 0 Å². The Bertz CT molecular complexity index is 403. The van der Waals surface area contributed by atoms with E-state index in [4.69, 9.17) is 9.15 Å². The highest BCUT2D eigenvalue weighted by molar-refractivity contribution is 5.95. The number of carbonyl (C=O) groups is 2. The van der Waals surface area contributed by atoms with Crippen LogP contribution >= 0.6 is 0 Å². The molecular weight excluding hydrogens is 234 g/mol. The van der Waals surface area contributed by atoms with Crippen molar-refractivity contribution in [1.82, 2.24) is 4.90 Å². The summed E-state index contributed by atoms with van der Waals surface area (Å²) in [5.41, 5.74) is -0.00695. The normalized spacial score (nSPS) is 11.1. The van der Waals surface area contributed by atoms with Gasteiger partial charge in [0.2, 0.25) is 0 Å². The maximum absolute atomic E-state index is 11.7. The van der Waals surface area contributed by atoms with Crippen molar-refractivity contribution in [2.45, 2.75) is 32.8 Å². The van der Waals surface area contributed by atoms with E-state index in [0.29, 0.717) is 12.1 Å². The third kappa shape index (κ3) is 4.61. The lowest BCUT2D eigenvalue weighted by Gasteiger charge is -2.24. The average Bonchev–Trinajstić information content (AvgIpc) is 2.76. The number of ketones is 1. The molecule has 1 heterocycles. The van der Waals surface area contributed by atoms with E-state index < -0.39 is 11.7 Å². The van der Waals surface area contributed by atoms with Gasteiger partial charge in [-0.25, -0.2) is 4.79 Å². The van der Waals surface area contributed by atoms with Gasteiger partial charge >= 0.3 is 6.09 Å². The fourth-order valence-corrected chi connectivity index (χ4v) is 1.27. The van der Waals surface area contributed by atoms with E-state index in [1.807, 2.05) is 0 Å². The Labute approximate surface area is 107 Å². The fourth-order valence-electron chi connectivity index (χ4n) is 1.27. The van der Waals surface area contributed by atoms with E-state index in [2.05, 4.69) is 0 Å². The van der Waals surface area contributed by atoms with Crippen molar-refractivity contribution in [3.05, 3.63) is 24.2 Å². The monoisotopic (exact) mass is 253 g/mol. The van der Waals surface area contributed by atoms with Crippen LogP contribution in [0.4, 0.5) is 4.79 Å². The van der Waals surface area contributed by atoms with Crippen molar-refractivity contribution < 1.29 is 18.7 Å². The highest BCUT2D eigenvalue weighted by Crippen LogP contribution is 2.10. The second-order valence-corrected chi connectivity index (χ2v) is 5.09. The summed E-state index contributed by atoms with van der Waals surface area (Å²) in [6.07, 6.45) is 2.66. The number of hydrogen-bond donors (Lipinski definition) is 0. The molecule has 0 saturated carbocycles. The second-order valence-electron chi connectivity index (χ2n) is 5.09. The number of Topliss-reactive ketones (excluding diaryl/α,β-unsaturated/α-hetero) is 1. The maximum atomic E-state index is 11.7. The summed E-state index contributed by atoms with van der Waals surface area (Å²) < 4.78 is 10.0. The first kappa shape index (κ1) is 14.3. The Morgan fingerprint density at radius 2 is 2.06 bits per heavy atom. The predicted molar refractivity (Wildman–Crippen MR) is 66.5 cm³/mol. The molecular formula is C13H19NO4. The minimum Gasteiger partial charge on any atom is -0.472 e. The molecule has 1 aromatic rings. The van der Waals surface area contributed by atoms with Crippen LogP contribution in [0.25, 0.3) is 0 Å². The highest BCUT2D eigenvalue weighted by Gasteiger charge is 2.20. The Kier molecular flexibility index (Phi) is 4.53. The van der Waals surface area contributed by atoms with Crippen LogP contribution in [0, 0.1) is 0 Å². The fraction of sp³-hybridized carbons (Fsp3) is 0.538. The summed E-state index contributed by atoms with van der Waals surface area (Å²) in [6, 6.07) is 1.61. The molecule has 0 atom stereocenters. The number of ether oxygens (including phenoxy) is 1. The molecule has 0 N–H and O–H groups in total. The zero-order valence-corrected chi connectivity index (χ0v) is 11.2. The third-order valence-electron chi connectivity index (χ3n) is 2.22. The lowest BCUT2D eigenvalue weighted by molar-refractivity contribution is 0.0298. The second kappa shape index (κ2) is 5.71. The van der Waals surface area contributed by atoms with Crippen LogP contribution in [0.5, 0.6) is 0 Å². The van der Waals surface area contributed by atoms with Crippen molar-refractivity contribution in [1.29, 1.82) is 0 Å². The Morgan fingerprint density at radius 1 is 1.39 bits per heavy atom. The first-order valence-electron chi connectivity index (χ1n) is 5.79. The zero-order valence-electron chi connectivity index (χ0n) is 11.2. The molecule has 0 radical (unpaired) electrons. The van der Waals surface area contributed by atoms with E-state index in [-0.39, 0.29) is 12.2 Å². The predicted octanol–water partition coefficient (Wildman–Crippen LogP) is 2.72. The van der Waals surface area contributed by atoms with Crippen LogP contribution < -0.4 is 0 Å². The number of furan rings is 1. The molecule has 18 heavy (non-hydrogen) atoms. The van der Waals surface area contributed by atoms with Gasteiger partial charge in [0.15, 0.2) is 5.78 Å². The van der Waals surface area contributed by atoms with Crippen LogP contribution in [0.15, 0.2) is 23.0 Å². The van der Waals surface area contributed by atoms with E-state index in [0.717, 1.165) is 0 Å². The summed E-state index contributed by atoms with van der Waals surface area (Å²) in [5, 5.41) is 0. The standard InChI is InChI=1S/C13H19NO4/c1-13(2,3)18-12(16)14(4)7-5-11(15)10-6-8-17-9-10/h6,8-9H,5,7H2,1-4H3. The van der Waals surface area contributed by atoms with Crippen LogP contribution in [-0.2, 0) is 4.74 Å². The Balaban J connectivity index is 2.39. The van der Waals surface area contributed by atoms with E-state index in [9.17, 15) is 9.59 Å². The van der Waals surface area contributed by atoms with Gasteiger partial charge in [-0.15, -0.1) is 0 Å². The molecule has 1 rings (SSSR count). The third-order valence-corrected chi connectivity index (χ3v) is 2.22. The molecule has 5 heteroatoms. The van der Waals surface area contributed by atoms with Crippen molar-refractivity contribution >= 4 is 11.9 Å². The first-order valence-corrected chi connectivity index (χ1v) is 5.79. The Morgan fingerprint density at radius 3 is 2.56 bits per heavy atom. The van der Waals surface area contributed by atoms with Gasteiger partial charge in [-0.1, -0.05) is 0 Å². The van der Waals surface area contributed by atoms with Crippen molar-refractivity contribution in [3.8, 4) is 0 Å². The SMILES string of the molecule is CN(CCC(=O)c1ccoc1)C(=O)OC(C)(C)C.